The maximum atomic E-state index is 13.8. The molecule has 1 aromatic carbocycles. The molecule has 0 radical (unpaired) electrons. The average Bonchev–Trinajstić information content (AvgIpc) is 3.74. The lowest BCUT2D eigenvalue weighted by molar-refractivity contribution is -0.187. The Balaban J connectivity index is 1.46. The van der Waals surface area contributed by atoms with Crippen molar-refractivity contribution < 1.29 is 48.4 Å². The number of fused-ring (bicyclic) bond motifs is 1. The molecule has 206 valence electrons. The van der Waals surface area contributed by atoms with E-state index in [0.717, 1.165) is 0 Å². The summed E-state index contributed by atoms with van der Waals surface area (Å²) in [6.45, 7) is 0.541. The van der Waals surface area contributed by atoms with Crippen LogP contribution in [0.25, 0.3) is 0 Å². The predicted octanol–water partition coefficient (Wildman–Crippen LogP) is 2.11. The summed E-state index contributed by atoms with van der Waals surface area (Å²) < 4.78 is 24.6. The zero-order valence-electron chi connectivity index (χ0n) is 20.7. The van der Waals surface area contributed by atoms with Gasteiger partial charge in [-0.2, -0.15) is 0 Å². The first-order valence-electron chi connectivity index (χ1n) is 12.7. The van der Waals surface area contributed by atoms with Crippen molar-refractivity contribution in [2.24, 2.45) is 35.5 Å². The van der Waals surface area contributed by atoms with Gasteiger partial charge in [-0.25, -0.2) is 9.29 Å². The summed E-state index contributed by atoms with van der Waals surface area (Å²) in [6.07, 6.45) is 1.38. The number of hydrogen-bond donors (Lipinski definition) is 3. The van der Waals surface area contributed by atoms with Crippen LogP contribution in [0.15, 0.2) is 23.1 Å². The highest BCUT2D eigenvalue weighted by molar-refractivity contribution is 7.99. The molecule has 0 aliphatic heterocycles. The van der Waals surface area contributed by atoms with E-state index >= 15 is 0 Å². The summed E-state index contributed by atoms with van der Waals surface area (Å²) >= 11 is 1.21. The van der Waals surface area contributed by atoms with Gasteiger partial charge in [0.05, 0.1) is 23.9 Å². The molecule has 12 heteroatoms. The Morgan fingerprint density at radius 2 is 1.63 bits per heavy atom. The number of aliphatic hydroxyl groups excluding tert-OH is 1. The van der Waals surface area contributed by atoms with Crippen molar-refractivity contribution >= 4 is 35.6 Å². The van der Waals surface area contributed by atoms with Gasteiger partial charge in [0.2, 0.25) is 0 Å². The Bertz CT molecular complexity index is 1130. The lowest BCUT2D eigenvalue weighted by atomic mass is 9.79. The molecule has 0 aromatic heterocycles. The largest absolute Gasteiger partial charge is 0.481 e. The molecular weight excluding hydrogens is 521 g/mol. The second kappa shape index (κ2) is 10.1. The molecule has 10 nitrogen and oxygen atoms in total. The van der Waals surface area contributed by atoms with Crippen LogP contribution in [0.5, 0.6) is 0 Å². The van der Waals surface area contributed by atoms with Crippen LogP contribution in [-0.2, 0) is 28.7 Å². The Labute approximate surface area is 222 Å². The van der Waals surface area contributed by atoms with Crippen LogP contribution in [0.4, 0.5) is 4.39 Å². The van der Waals surface area contributed by atoms with Gasteiger partial charge in [0.1, 0.15) is 24.8 Å². The number of carboxylic acids is 2. The first kappa shape index (κ1) is 26.9. The topological polar surface area (TPSA) is 151 Å². The average molecular weight is 552 g/mol. The van der Waals surface area contributed by atoms with Gasteiger partial charge in [-0.05, 0) is 56.4 Å². The number of esters is 2. The smallest absolute Gasteiger partial charge is 0.325 e. The summed E-state index contributed by atoms with van der Waals surface area (Å²) in [5, 5.41) is 31.7. The molecular formula is C26H30FNO9S. The number of carboxylic acid groups (broad SMARTS) is 2. The number of carbonyl (C=O) groups is 4. The fourth-order valence-corrected chi connectivity index (χ4v) is 7.08. The molecule has 0 spiro atoms. The number of aryl methyl sites for hydroxylation is 1. The van der Waals surface area contributed by atoms with Gasteiger partial charge in [-0.15, -0.1) is 11.8 Å². The van der Waals surface area contributed by atoms with E-state index in [1.165, 1.54) is 22.7 Å². The summed E-state index contributed by atoms with van der Waals surface area (Å²) in [5.74, 6) is -8.43. The Hall–Kier alpha value is -2.70. The van der Waals surface area contributed by atoms with Crippen LogP contribution < -0.4 is 0 Å². The number of hydrogen-bond acceptors (Lipinski definition) is 9. The molecule has 4 aliphatic rings. The van der Waals surface area contributed by atoms with Gasteiger partial charge in [0.25, 0.3) is 0 Å². The Morgan fingerprint density at radius 3 is 2.11 bits per heavy atom. The molecule has 0 amide bonds. The standard InChI is InChI=1S/C26H30FNO9S/c1-12-8-15(6-7-17(12)27)38-9-16-21(29)18-19(22(30)31)20(18)26(16,25(34)35)28(10-36-23(32)13-2-3-13)11-37-24(33)14-4-5-14/h6-8,13-14,16,18-21,29H,2-5,9-11H2,1H3,(H,30,31)(H,34,35)/t16-,18+,19+,20+,21-,26+/m1/s1. The van der Waals surface area contributed by atoms with E-state index in [1.54, 1.807) is 19.1 Å². The number of thioether (sulfide) groups is 1. The number of rotatable bonds is 12. The molecule has 0 saturated heterocycles. The van der Waals surface area contributed by atoms with Gasteiger partial charge >= 0.3 is 23.9 Å². The van der Waals surface area contributed by atoms with Crippen LogP contribution in [0.1, 0.15) is 31.2 Å². The van der Waals surface area contributed by atoms with Crippen molar-refractivity contribution in [1.82, 2.24) is 4.90 Å². The minimum absolute atomic E-state index is 0.0571. The van der Waals surface area contributed by atoms with Crippen molar-refractivity contribution in [2.75, 3.05) is 19.2 Å². The van der Waals surface area contributed by atoms with Crippen molar-refractivity contribution in [3.63, 3.8) is 0 Å². The monoisotopic (exact) mass is 551 g/mol. The molecule has 4 saturated carbocycles. The van der Waals surface area contributed by atoms with Crippen molar-refractivity contribution in [1.29, 1.82) is 0 Å². The number of ether oxygens (including phenoxy) is 2. The van der Waals surface area contributed by atoms with Crippen molar-refractivity contribution in [2.45, 2.75) is 49.1 Å². The SMILES string of the molecule is Cc1cc(SC[C@@H]2[C@@H](O)[C@H]3[C@H](C(=O)O)[C@H]3[C@@]2(C(=O)O)N(COC(=O)C2CC2)COC(=O)C2CC2)ccc1F. The van der Waals surface area contributed by atoms with Gasteiger partial charge in [0.15, 0.2) is 0 Å². The maximum Gasteiger partial charge on any atom is 0.325 e. The number of carbonyl (C=O) groups excluding carboxylic acids is 2. The zero-order valence-corrected chi connectivity index (χ0v) is 21.6. The van der Waals surface area contributed by atoms with Crippen LogP contribution in [0, 0.1) is 48.2 Å². The number of benzene rings is 1. The fraction of sp³-hybridized carbons (Fsp3) is 0.615. The highest BCUT2D eigenvalue weighted by Crippen LogP contribution is 2.67. The van der Waals surface area contributed by atoms with Gasteiger partial charge < -0.3 is 24.8 Å². The first-order valence-corrected chi connectivity index (χ1v) is 13.7. The minimum Gasteiger partial charge on any atom is -0.481 e. The molecule has 38 heavy (non-hydrogen) atoms. The van der Waals surface area contributed by atoms with Crippen molar-refractivity contribution in [3.05, 3.63) is 29.6 Å². The fourth-order valence-electron chi connectivity index (χ4n) is 5.83. The van der Waals surface area contributed by atoms with Gasteiger partial charge in [-0.3, -0.25) is 19.2 Å². The predicted molar refractivity (Wildman–Crippen MR) is 129 cm³/mol. The highest BCUT2D eigenvalue weighted by atomic mass is 32.2. The summed E-state index contributed by atoms with van der Waals surface area (Å²) in [4.78, 5) is 51.7. The third kappa shape index (κ3) is 4.77. The molecule has 0 heterocycles. The molecule has 4 fully saturated rings. The lowest BCUT2D eigenvalue weighted by Gasteiger charge is -2.43. The summed E-state index contributed by atoms with van der Waals surface area (Å²) in [7, 11) is 0. The van der Waals surface area contributed by atoms with Gasteiger partial charge in [0, 0.05) is 28.4 Å². The van der Waals surface area contributed by atoms with Crippen LogP contribution >= 0.6 is 11.8 Å². The van der Waals surface area contributed by atoms with Crippen LogP contribution in [0.3, 0.4) is 0 Å². The highest BCUT2D eigenvalue weighted by Gasteiger charge is 2.80. The minimum atomic E-state index is -1.98. The number of aliphatic hydroxyl groups is 1. The number of nitrogens with zero attached hydrogens (tertiary/aromatic N) is 1. The number of halogens is 1. The van der Waals surface area contributed by atoms with E-state index in [0.29, 0.717) is 36.1 Å². The van der Waals surface area contributed by atoms with E-state index in [1.807, 2.05) is 0 Å². The molecule has 6 atom stereocenters. The maximum absolute atomic E-state index is 13.8. The third-order valence-corrected chi connectivity index (χ3v) is 9.33. The summed E-state index contributed by atoms with van der Waals surface area (Å²) in [5.41, 5.74) is -1.58. The lowest BCUT2D eigenvalue weighted by Crippen LogP contribution is -2.63. The van der Waals surface area contributed by atoms with Crippen LogP contribution in [-0.4, -0.2) is 75.0 Å². The number of aliphatic carboxylic acids is 2. The van der Waals surface area contributed by atoms with E-state index in [2.05, 4.69) is 0 Å². The molecule has 4 aliphatic carbocycles. The van der Waals surface area contributed by atoms with E-state index in [9.17, 15) is 38.9 Å². The quantitative estimate of drug-likeness (QED) is 0.199. The second-order valence-electron chi connectivity index (χ2n) is 10.7. The van der Waals surface area contributed by atoms with E-state index in [-0.39, 0.29) is 23.4 Å². The summed E-state index contributed by atoms with van der Waals surface area (Å²) in [6, 6.07) is 4.45. The molecule has 3 N–H and O–H groups in total. The third-order valence-electron chi connectivity index (χ3n) is 8.21. The molecule has 0 bridgehead atoms. The molecule has 1 aromatic rings. The van der Waals surface area contributed by atoms with Gasteiger partial charge in [-0.1, -0.05) is 0 Å². The normalized spacial score (nSPS) is 31.5. The second-order valence-corrected chi connectivity index (χ2v) is 11.8. The Kier molecular flexibility index (Phi) is 7.16. The van der Waals surface area contributed by atoms with E-state index < -0.39 is 72.7 Å². The van der Waals surface area contributed by atoms with Crippen molar-refractivity contribution in [3.8, 4) is 0 Å². The van der Waals surface area contributed by atoms with E-state index in [4.69, 9.17) is 9.47 Å². The molecule has 0 unspecified atom stereocenters. The molecule has 5 rings (SSSR count). The Morgan fingerprint density at radius 1 is 1.05 bits per heavy atom. The first-order chi connectivity index (χ1) is 18.1. The zero-order chi connectivity index (χ0) is 27.4. The van der Waals surface area contributed by atoms with Crippen LogP contribution in [0.2, 0.25) is 0 Å².